The van der Waals surface area contributed by atoms with E-state index in [9.17, 15) is 4.79 Å². The summed E-state index contributed by atoms with van der Waals surface area (Å²) in [5.74, 6) is 0.516. The van der Waals surface area contributed by atoms with Gasteiger partial charge in [0.05, 0.1) is 15.6 Å². The predicted molar refractivity (Wildman–Crippen MR) is 80.0 cm³/mol. The number of nitrogens with zero attached hydrogens (tertiary/aromatic N) is 3. The highest BCUT2D eigenvalue weighted by Crippen LogP contribution is 2.32. The Morgan fingerprint density at radius 2 is 1.90 bits per heavy atom. The lowest BCUT2D eigenvalue weighted by atomic mass is 10.2. The molecule has 0 radical (unpaired) electrons. The Bertz CT molecular complexity index is 666. The summed E-state index contributed by atoms with van der Waals surface area (Å²) < 4.78 is 1.30. The van der Waals surface area contributed by atoms with E-state index in [1.165, 1.54) is 4.57 Å². The summed E-state index contributed by atoms with van der Waals surface area (Å²) in [5, 5.41) is 0.834. The molecule has 106 valence electrons. The van der Waals surface area contributed by atoms with Gasteiger partial charge in [-0.25, -0.2) is 10.2 Å². The van der Waals surface area contributed by atoms with Crippen molar-refractivity contribution in [2.75, 3.05) is 12.0 Å². The van der Waals surface area contributed by atoms with Gasteiger partial charge in [0, 0.05) is 13.6 Å². The molecule has 0 fully saturated rings. The molecule has 0 aliphatic carbocycles. The highest BCUT2D eigenvalue weighted by Gasteiger charge is 2.15. The molecule has 6 nitrogen and oxygen atoms in total. The van der Waals surface area contributed by atoms with Crippen molar-refractivity contribution in [1.29, 1.82) is 0 Å². The minimum atomic E-state index is -0.452. The van der Waals surface area contributed by atoms with Crippen molar-refractivity contribution in [2.24, 2.45) is 7.05 Å². The van der Waals surface area contributed by atoms with Crippen molar-refractivity contribution in [3.05, 3.63) is 38.7 Å². The van der Waals surface area contributed by atoms with Gasteiger partial charge >= 0.3 is 5.69 Å². The summed E-state index contributed by atoms with van der Waals surface area (Å²) >= 11 is 12.3. The van der Waals surface area contributed by atoms with Crippen LogP contribution in [0.15, 0.2) is 23.0 Å². The van der Waals surface area contributed by atoms with Crippen molar-refractivity contribution < 1.29 is 0 Å². The van der Waals surface area contributed by atoms with E-state index in [0.717, 1.165) is 0 Å². The van der Waals surface area contributed by atoms with Gasteiger partial charge < -0.3 is 0 Å². The fourth-order valence-electron chi connectivity index (χ4n) is 1.61. The molecule has 2 rings (SSSR count). The van der Waals surface area contributed by atoms with Crippen LogP contribution in [0, 0.1) is 0 Å². The van der Waals surface area contributed by atoms with E-state index in [4.69, 9.17) is 23.2 Å². The summed E-state index contributed by atoms with van der Waals surface area (Å²) in [7, 11) is 1.56. The smallest absolute Gasteiger partial charge is 0.289 e. The summed E-state index contributed by atoms with van der Waals surface area (Å²) in [5.41, 5.74) is 5.61. The van der Waals surface area contributed by atoms with E-state index in [1.54, 1.807) is 25.2 Å². The topological polar surface area (TPSA) is 71.8 Å². The molecule has 2 N–H and O–H groups in total. The van der Waals surface area contributed by atoms with E-state index >= 15 is 0 Å². The molecular weight excluding hydrogens is 301 g/mol. The third kappa shape index (κ3) is 2.92. The molecule has 0 amide bonds. The van der Waals surface area contributed by atoms with Gasteiger partial charge in [0.1, 0.15) is 0 Å². The number of rotatable bonds is 4. The van der Waals surface area contributed by atoms with E-state index in [1.807, 2.05) is 6.92 Å². The van der Waals surface area contributed by atoms with E-state index in [0.29, 0.717) is 28.0 Å². The molecule has 0 atom stereocenters. The van der Waals surface area contributed by atoms with E-state index in [-0.39, 0.29) is 5.95 Å². The van der Waals surface area contributed by atoms with Gasteiger partial charge in [-0.15, -0.1) is 0 Å². The summed E-state index contributed by atoms with van der Waals surface area (Å²) in [6.07, 6.45) is 0. The number of anilines is 1. The Balaban J connectivity index is 2.61. The molecular formula is C12H13Cl2N5O. The third-order valence-electron chi connectivity index (χ3n) is 2.58. The van der Waals surface area contributed by atoms with Crippen LogP contribution in [-0.4, -0.2) is 21.1 Å². The minimum Gasteiger partial charge on any atom is -0.289 e. The maximum atomic E-state index is 11.9. The molecule has 1 aromatic heterocycles. The molecule has 2 aromatic rings. The van der Waals surface area contributed by atoms with Crippen LogP contribution < -0.4 is 16.5 Å². The number of benzene rings is 1. The Hall–Kier alpha value is -1.63. The lowest BCUT2D eigenvalue weighted by Gasteiger charge is -2.12. The maximum Gasteiger partial charge on any atom is 0.352 e. The number of nitrogens with one attached hydrogen (secondary N) is 2. The fourth-order valence-corrected chi connectivity index (χ4v) is 2.18. The average Bonchev–Trinajstić information content (AvgIpc) is 2.41. The van der Waals surface area contributed by atoms with Crippen LogP contribution in [0.3, 0.4) is 0 Å². The first-order chi connectivity index (χ1) is 9.54. The van der Waals surface area contributed by atoms with Gasteiger partial charge in [-0.2, -0.15) is 9.97 Å². The number of halogens is 2. The first-order valence-corrected chi connectivity index (χ1v) is 6.68. The number of aromatic nitrogens is 3. The Labute approximate surface area is 125 Å². The quantitative estimate of drug-likeness (QED) is 0.846. The lowest BCUT2D eigenvalue weighted by molar-refractivity contribution is 0.760. The van der Waals surface area contributed by atoms with Crippen LogP contribution in [0.4, 0.5) is 5.95 Å². The van der Waals surface area contributed by atoms with Gasteiger partial charge in [-0.1, -0.05) is 36.2 Å². The number of hydrogen-bond acceptors (Lipinski definition) is 5. The molecule has 0 unspecified atom stereocenters. The van der Waals surface area contributed by atoms with Crippen LogP contribution in [-0.2, 0) is 7.05 Å². The molecule has 0 aliphatic heterocycles. The van der Waals surface area contributed by atoms with Gasteiger partial charge in [-0.05, 0) is 12.1 Å². The summed E-state index contributed by atoms with van der Waals surface area (Å²) in [6, 6.07) is 5.10. The first-order valence-electron chi connectivity index (χ1n) is 5.93. The van der Waals surface area contributed by atoms with Crippen LogP contribution in [0.1, 0.15) is 6.92 Å². The average molecular weight is 314 g/mol. The summed E-state index contributed by atoms with van der Waals surface area (Å²) in [6.45, 7) is 2.56. The van der Waals surface area contributed by atoms with Crippen LogP contribution >= 0.6 is 23.2 Å². The number of hydrazine groups is 1. The fraction of sp³-hybridized carbons (Fsp3) is 0.250. The van der Waals surface area contributed by atoms with Crippen molar-refractivity contribution in [1.82, 2.24) is 20.0 Å². The maximum absolute atomic E-state index is 11.9. The normalized spacial score (nSPS) is 10.6. The van der Waals surface area contributed by atoms with Crippen molar-refractivity contribution in [3.8, 4) is 11.4 Å². The second-order valence-electron chi connectivity index (χ2n) is 3.96. The molecule has 1 aromatic carbocycles. The Morgan fingerprint density at radius 3 is 2.50 bits per heavy atom. The highest BCUT2D eigenvalue weighted by molar-refractivity contribution is 6.38. The molecule has 1 heterocycles. The second-order valence-corrected chi connectivity index (χ2v) is 4.78. The number of hydrogen-bond donors (Lipinski definition) is 2. The monoisotopic (exact) mass is 313 g/mol. The largest absolute Gasteiger partial charge is 0.352 e. The summed E-state index contributed by atoms with van der Waals surface area (Å²) in [4.78, 5) is 19.9. The van der Waals surface area contributed by atoms with Crippen molar-refractivity contribution >= 4 is 29.2 Å². The predicted octanol–water partition coefficient (Wildman–Crippen LogP) is 2.09. The van der Waals surface area contributed by atoms with Gasteiger partial charge in [0.2, 0.25) is 5.95 Å². The molecule has 20 heavy (non-hydrogen) atoms. The van der Waals surface area contributed by atoms with Gasteiger partial charge in [0.15, 0.2) is 5.82 Å². The zero-order valence-electron chi connectivity index (χ0n) is 10.9. The van der Waals surface area contributed by atoms with Gasteiger partial charge in [0.25, 0.3) is 0 Å². The Morgan fingerprint density at radius 1 is 1.25 bits per heavy atom. The molecule has 0 aliphatic rings. The molecule has 0 saturated heterocycles. The van der Waals surface area contributed by atoms with Crippen molar-refractivity contribution in [2.45, 2.75) is 6.92 Å². The van der Waals surface area contributed by atoms with E-state index < -0.39 is 5.69 Å². The van der Waals surface area contributed by atoms with Crippen LogP contribution in [0.5, 0.6) is 0 Å². The van der Waals surface area contributed by atoms with Crippen LogP contribution in [0.2, 0.25) is 10.0 Å². The van der Waals surface area contributed by atoms with Gasteiger partial charge in [-0.3, -0.25) is 9.99 Å². The highest BCUT2D eigenvalue weighted by atomic mass is 35.5. The lowest BCUT2D eigenvalue weighted by Crippen LogP contribution is -2.29. The first kappa shape index (κ1) is 14.8. The standard InChI is InChI=1S/C12H13Cl2N5O/c1-3-15-18-11-16-10(19(2)12(20)17-11)9-7(13)5-4-6-8(9)14/h4-6,15H,3H2,1-2H3,(H,17,18,20). The molecule has 0 saturated carbocycles. The molecule has 8 heteroatoms. The van der Waals surface area contributed by atoms with E-state index in [2.05, 4.69) is 20.8 Å². The molecule has 0 spiro atoms. The minimum absolute atomic E-state index is 0.168. The molecule has 0 bridgehead atoms. The second kappa shape index (κ2) is 6.21. The third-order valence-corrected chi connectivity index (χ3v) is 3.21. The zero-order valence-corrected chi connectivity index (χ0v) is 12.5. The Kier molecular flexibility index (Phi) is 4.59. The van der Waals surface area contributed by atoms with Crippen LogP contribution in [0.25, 0.3) is 11.4 Å². The van der Waals surface area contributed by atoms with Crippen molar-refractivity contribution in [3.63, 3.8) is 0 Å². The SMILES string of the molecule is CCNNc1nc(-c2c(Cl)cccc2Cl)n(C)c(=O)n1. The zero-order chi connectivity index (χ0) is 14.7.